The fourth-order valence-corrected chi connectivity index (χ4v) is 1.80. The Morgan fingerprint density at radius 2 is 1.88 bits per heavy atom. The minimum absolute atomic E-state index is 0.0459. The van der Waals surface area contributed by atoms with Crippen molar-refractivity contribution in [2.24, 2.45) is 0 Å². The fraction of sp³-hybridized carbons (Fsp3) is 0.600. The number of aliphatic carboxylic acids is 1. The predicted octanol–water partition coefficient (Wildman–Crippen LogP) is 0.964. The molecule has 0 fully saturated rings. The van der Waals surface area contributed by atoms with Crippen molar-refractivity contribution in [2.75, 3.05) is 0 Å². The lowest BCUT2D eigenvalue weighted by molar-refractivity contribution is -0.138. The van der Waals surface area contributed by atoms with E-state index in [4.69, 9.17) is 10.2 Å². The van der Waals surface area contributed by atoms with E-state index in [2.05, 4.69) is 10.3 Å². The van der Waals surface area contributed by atoms with Crippen LogP contribution in [0.2, 0.25) is 0 Å². The predicted molar refractivity (Wildman–Crippen MR) is 57.9 cm³/mol. The van der Waals surface area contributed by atoms with Gasteiger partial charge in [0.15, 0.2) is 5.69 Å². The van der Waals surface area contributed by atoms with Crippen LogP contribution in [0.25, 0.3) is 0 Å². The molecule has 0 radical (unpaired) electrons. The maximum Gasteiger partial charge on any atom is 0.358 e. The first-order valence-electron chi connectivity index (χ1n) is 5.39. The van der Waals surface area contributed by atoms with Gasteiger partial charge in [-0.1, -0.05) is 19.1 Å². The molecule has 0 aliphatic rings. The summed E-state index contributed by atoms with van der Waals surface area (Å²) in [5.74, 6) is -2.29. The number of aromatic nitrogens is 3. The molecule has 94 valence electrons. The molecule has 17 heavy (non-hydrogen) atoms. The summed E-state index contributed by atoms with van der Waals surface area (Å²) in [4.78, 5) is 21.7. The molecule has 7 nitrogen and oxygen atoms in total. The number of hydrogen-bond acceptors (Lipinski definition) is 4. The molecule has 1 aromatic rings. The van der Waals surface area contributed by atoms with Gasteiger partial charge < -0.3 is 10.2 Å². The van der Waals surface area contributed by atoms with Crippen molar-refractivity contribution < 1.29 is 19.8 Å². The van der Waals surface area contributed by atoms with Crippen LogP contribution in [0.15, 0.2) is 0 Å². The number of aromatic carboxylic acids is 1. The maximum atomic E-state index is 11.0. The largest absolute Gasteiger partial charge is 0.480 e. The second-order valence-electron chi connectivity index (χ2n) is 3.69. The van der Waals surface area contributed by atoms with Gasteiger partial charge in [0.25, 0.3) is 0 Å². The van der Waals surface area contributed by atoms with E-state index in [1.165, 1.54) is 0 Å². The highest BCUT2D eigenvalue weighted by atomic mass is 16.4. The van der Waals surface area contributed by atoms with Crippen LogP contribution in [0.1, 0.15) is 48.8 Å². The van der Waals surface area contributed by atoms with Crippen LogP contribution < -0.4 is 0 Å². The van der Waals surface area contributed by atoms with Crippen LogP contribution in [-0.4, -0.2) is 37.1 Å². The number of rotatable bonds is 6. The van der Waals surface area contributed by atoms with Crippen LogP contribution >= 0.6 is 0 Å². The number of nitrogens with zero attached hydrogens (tertiary/aromatic N) is 3. The van der Waals surface area contributed by atoms with Gasteiger partial charge in [0, 0.05) is 5.92 Å². The Morgan fingerprint density at radius 1 is 1.29 bits per heavy atom. The van der Waals surface area contributed by atoms with Crippen molar-refractivity contribution in [3.63, 3.8) is 0 Å². The molecule has 0 atom stereocenters. The van der Waals surface area contributed by atoms with Gasteiger partial charge in [0.2, 0.25) is 0 Å². The Kier molecular flexibility index (Phi) is 4.19. The van der Waals surface area contributed by atoms with E-state index >= 15 is 0 Å². The van der Waals surface area contributed by atoms with E-state index in [1.54, 1.807) is 0 Å². The van der Waals surface area contributed by atoms with Gasteiger partial charge in [-0.25, -0.2) is 9.48 Å². The molecule has 1 heterocycles. The van der Waals surface area contributed by atoms with Gasteiger partial charge in [-0.15, -0.1) is 5.10 Å². The molecule has 0 saturated carbocycles. The SMILES string of the molecule is CCC(CC)c1c(C(=O)O)nnn1CC(=O)O. The highest BCUT2D eigenvalue weighted by Gasteiger charge is 2.25. The van der Waals surface area contributed by atoms with Gasteiger partial charge in [0.1, 0.15) is 6.54 Å². The van der Waals surface area contributed by atoms with E-state index < -0.39 is 11.9 Å². The first-order chi connectivity index (χ1) is 8.01. The van der Waals surface area contributed by atoms with Crippen LogP contribution in [-0.2, 0) is 11.3 Å². The Morgan fingerprint density at radius 3 is 2.29 bits per heavy atom. The lowest BCUT2D eigenvalue weighted by Gasteiger charge is -2.13. The summed E-state index contributed by atoms with van der Waals surface area (Å²) in [7, 11) is 0. The first kappa shape index (κ1) is 13.1. The van der Waals surface area contributed by atoms with Gasteiger partial charge in [-0.2, -0.15) is 0 Å². The summed E-state index contributed by atoms with van der Waals surface area (Å²) in [5, 5.41) is 24.9. The summed E-state index contributed by atoms with van der Waals surface area (Å²) in [6, 6.07) is 0. The molecule has 7 heteroatoms. The number of carbonyl (C=O) groups is 2. The smallest absolute Gasteiger partial charge is 0.358 e. The summed E-state index contributed by atoms with van der Waals surface area (Å²) in [6.07, 6.45) is 1.42. The number of hydrogen-bond donors (Lipinski definition) is 2. The zero-order valence-electron chi connectivity index (χ0n) is 9.75. The molecular formula is C10H15N3O4. The van der Waals surface area contributed by atoms with Crippen LogP contribution in [0, 0.1) is 0 Å². The van der Waals surface area contributed by atoms with Crippen molar-refractivity contribution in [3.8, 4) is 0 Å². The number of carboxylic acids is 2. The molecule has 1 aromatic heterocycles. The molecule has 0 aliphatic carbocycles. The second-order valence-corrected chi connectivity index (χ2v) is 3.69. The Bertz CT molecular complexity index is 423. The van der Waals surface area contributed by atoms with Crippen molar-refractivity contribution in [2.45, 2.75) is 39.2 Å². The third-order valence-corrected chi connectivity index (χ3v) is 2.63. The molecule has 0 aromatic carbocycles. The van der Waals surface area contributed by atoms with E-state index in [9.17, 15) is 9.59 Å². The minimum atomic E-state index is -1.18. The summed E-state index contributed by atoms with van der Waals surface area (Å²) < 4.78 is 1.16. The van der Waals surface area contributed by atoms with Gasteiger partial charge in [-0.3, -0.25) is 4.79 Å². The lowest BCUT2D eigenvalue weighted by atomic mass is 9.97. The highest BCUT2D eigenvalue weighted by Crippen LogP contribution is 2.25. The molecule has 1 rings (SSSR count). The van der Waals surface area contributed by atoms with Crippen molar-refractivity contribution in [1.29, 1.82) is 0 Å². The van der Waals surface area contributed by atoms with Crippen LogP contribution in [0.3, 0.4) is 0 Å². The molecule has 0 amide bonds. The van der Waals surface area contributed by atoms with Crippen LogP contribution in [0.5, 0.6) is 0 Å². The fourth-order valence-electron chi connectivity index (χ4n) is 1.80. The molecule has 0 spiro atoms. The topological polar surface area (TPSA) is 105 Å². The van der Waals surface area contributed by atoms with E-state index in [0.717, 1.165) is 4.68 Å². The number of carboxylic acid groups (broad SMARTS) is 2. The Balaban J connectivity index is 3.22. The second kappa shape index (κ2) is 5.42. The quantitative estimate of drug-likeness (QED) is 0.768. The van der Waals surface area contributed by atoms with Gasteiger partial charge >= 0.3 is 11.9 Å². The highest BCUT2D eigenvalue weighted by molar-refractivity contribution is 5.86. The molecule has 0 aliphatic heterocycles. The molecule has 0 bridgehead atoms. The molecular weight excluding hydrogens is 226 g/mol. The maximum absolute atomic E-state index is 11.0. The first-order valence-corrected chi connectivity index (χ1v) is 5.39. The monoisotopic (exact) mass is 241 g/mol. The average molecular weight is 241 g/mol. The van der Waals surface area contributed by atoms with Gasteiger partial charge in [-0.05, 0) is 12.8 Å². The molecule has 0 unspecified atom stereocenters. The standard InChI is InChI=1S/C10H15N3O4/c1-3-6(4-2)9-8(10(16)17)11-12-13(9)5-7(14)15/h6H,3-5H2,1-2H3,(H,14,15)(H,16,17). The summed E-state index contributed by atoms with van der Waals surface area (Å²) >= 11 is 0. The summed E-state index contributed by atoms with van der Waals surface area (Å²) in [6.45, 7) is 3.46. The molecule has 0 saturated heterocycles. The van der Waals surface area contributed by atoms with Gasteiger partial charge in [0.05, 0.1) is 5.69 Å². The minimum Gasteiger partial charge on any atom is -0.480 e. The third-order valence-electron chi connectivity index (χ3n) is 2.63. The molecule has 2 N–H and O–H groups in total. The Hall–Kier alpha value is -1.92. The van der Waals surface area contributed by atoms with Crippen molar-refractivity contribution >= 4 is 11.9 Å². The van der Waals surface area contributed by atoms with E-state index in [1.807, 2.05) is 13.8 Å². The van der Waals surface area contributed by atoms with E-state index in [0.29, 0.717) is 18.5 Å². The zero-order chi connectivity index (χ0) is 13.0. The van der Waals surface area contributed by atoms with Crippen LogP contribution in [0.4, 0.5) is 0 Å². The average Bonchev–Trinajstić information content (AvgIpc) is 2.63. The lowest BCUT2D eigenvalue weighted by Crippen LogP contribution is -2.17. The normalized spacial score (nSPS) is 10.8. The summed E-state index contributed by atoms with van der Waals surface area (Å²) in [5.41, 5.74) is 0.241. The van der Waals surface area contributed by atoms with E-state index in [-0.39, 0.29) is 18.2 Å². The van der Waals surface area contributed by atoms with Crippen molar-refractivity contribution in [1.82, 2.24) is 15.0 Å². The third kappa shape index (κ3) is 2.80. The zero-order valence-corrected chi connectivity index (χ0v) is 9.75. The Labute approximate surface area is 98.1 Å². The van der Waals surface area contributed by atoms with Crippen molar-refractivity contribution in [3.05, 3.63) is 11.4 Å².